The van der Waals surface area contributed by atoms with E-state index < -0.39 is 0 Å². The molecule has 0 saturated carbocycles. The molecule has 12 aromatic rings. The summed E-state index contributed by atoms with van der Waals surface area (Å²) in [6, 6.07) is 104. The molecule has 0 aliphatic rings. The maximum atomic E-state index is 2.43. The molecule has 0 aliphatic heterocycles. The summed E-state index contributed by atoms with van der Waals surface area (Å²) in [6.07, 6.45) is 0. The Hall–Kier alpha value is -9.04. The molecular weight excluding hydrogens is 831 g/mol. The van der Waals surface area contributed by atoms with Crippen molar-refractivity contribution in [3.05, 3.63) is 285 Å². The van der Waals surface area contributed by atoms with E-state index >= 15 is 0 Å². The third-order valence-electron chi connectivity index (χ3n) is 13.5. The minimum atomic E-state index is 1.07. The highest BCUT2D eigenvalue weighted by Crippen LogP contribution is 2.48. The van der Waals surface area contributed by atoms with Gasteiger partial charge in [0.2, 0.25) is 0 Å². The van der Waals surface area contributed by atoms with Gasteiger partial charge in [0.1, 0.15) is 0 Å². The summed E-state index contributed by atoms with van der Waals surface area (Å²) in [5.41, 5.74) is 19.9. The van der Waals surface area contributed by atoms with Gasteiger partial charge in [0.25, 0.3) is 0 Å². The molecule has 0 aromatic heterocycles. The highest BCUT2D eigenvalue weighted by molar-refractivity contribution is 6.22. The van der Waals surface area contributed by atoms with Crippen LogP contribution in [0.5, 0.6) is 0 Å². The van der Waals surface area contributed by atoms with Crippen molar-refractivity contribution >= 4 is 38.6 Å². The molecule has 1 nitrogen and oxygen atoms in total. The zero-order chi connectivity index (χ0) is 45.9. The third-order valence-corrected chi connectivity index (χ3v) is 13.5. The number of hydrogen-bond acceptors (Lipinski definition) is 1. The summed E-state index contributed by atoms with van der Waals surface area (Å²) >= 11 is 0. The highest BCUT2D eigenvalue weighted by Gasteiger charge is 2.22. The van der Waals surface area contributed by atoms with E-state index in [1.165, 1.54) is 77.2 Å². The van der Waals surface area contributed by atoms with Crippen LogP contribution in [-0.2, 0) is 0 Å². The fourth-order valence-corrected chi connectivity index (χ4v) is 10.2. The Balaban J connectivity index is 1.05. The normalized spacial score (nSPS) is 11.2. The lowest BCUT2D eigenvalue weighted by molar-refractivity contribution is 1.28. The van der Waals surface area contributed by atoms with E-state index in [-0.39, 0.29) is 0 Å². The standard InChI is InChI=1S/C68H47N/c1-6-21-48(22-7-1)54-31-20-32-58(45-54)69(57-41-37-51(38-42-57)59-43-39-55(49-23-8-2-9-24-49)46-64(59)50-25-10-3-11-26-50)66-36-19-18-33-60(66)56-40-44-62-61-34-16-17-35-63(61)67(52-27-12-4-13-28-52)68(65(62)47-56)53-29-14-5-15-30-53/h1-47H. The molecule has 0 N–H and O–H groups in total. The first-order valence-electron chi connectivity index (χ1n) is 23.7. The van der Waals surface area contributed by atoms with Gasteiger partial charge in [0.05, 0.1) is 5.69 Å². The lowest BCUT2D eigenvalue weighted by Crippen LogP contribution is -2.11. The molecule has 0 bridgehead atoms. The van der Waals surface area contributed by atoms with E-state index in [4.69, 9.17) is 0 Å². The second kappa shape index (κ2) is 18.3. The lowest BCUT2D eigenvalue weighted by Gasteiger charge is -2.29. The van der Waals surface area contributed by atoms with Crippen molar-refractivity contribution < 1.29 is 0 Å². The Bertz CT molecular complexity index is 3730. The van der Waals surface area contributed by atoms with Gasteiger partial charge in [-0.15, -0.1) is 0 Å². The molecule has 0 radical (unpaired) electrons. The number of hydrogen-bond donors (Lipinski definition) is 0. The quantitative estimate of drug-likeness (QED) is 0.124. The van der Waals surface area contributed by atoms with Crippen LogP contribution in [0.25, 0.3) is 99.4 Å². The van der Waals surface area contributed by atoms with Crippen LogP contribution in [0.4, 0.5) is 17.1 Å². The van der Waals surface area contributed by atoms with E-state index in [0.717, 1.165) is 39.3 Å². The van der Waals surface area contributed by atoms with Crippen LogP contribution >= 0.6 is 0 Å². The molecule has 324 valence electrons. The van der Waals surface area contributed by atoms with E-state index in [0.29, 0.717) is 0 Å². The first-order valence-corrected chi connectivity index (χ1v) is 23.7. The van der Waals surface area contributed by atoms with Crippen LogP contribution in [0.3, 0.4) is 0 Å². The topological polar surface area (TPSA) is 3.24 Å². The smallest absolute Gasteiger partial charge is 0.0540 e. The third kappa shape index (κ3) is 7.97. The molecular formula is C68H47N. The van der Waals surface area contributed by atoms with Gasteiger partial charge in [-0.05, 0) is 136 Å². The first-order chi connectivity index (χ1) is 34.2. The molecule has 12 rings (SSSR count). The molecule has 12 aromatic carbocycles. The number of fused-ring (bicyclic) bond motifs is 3. The summed E-state index contributed by atoms with van der Waals surface area (Å²) in [7, 11) is 0. The average Bonchev–Trinajstić information content (AvgIpc) is 3.44. The fourth-order valence-electron chi connectivity index (χ4n) is 10.2. The molecule has 0 fully saturated rings. The van der Waals surface area contributed by atoms with Crippen molar-refractivity contribution in [2.75, 3.05) is 4.90 Å². The second-order valence-corrected chi connectivity index (χ2v) is 17.6. The number of anilines is 3. The number of para-hydroxylation sites is 1. The van der Waals surface area contributed by atoms with Crippen LogP contribution in [0.2, 0.25) is 0 Å². The molecule has 0 spiro atoms. The first kappa shape index (κ1) is 41.4. The Labute approximate surface area is 404 Å². The van der Waals surface area contributed by atoms with Gasteiger partial charge in [-0.3, -0.25) is 0 Å². The van der Waals surface area contributed by atoms with Crippen LogP contribution in [0.15, 0.2) is 285 Å². The van der Waals surface area contributed by atoms with Crippen molar-refractivity contribution in [2.45, 2.75) is 0 Å². The second-order valence-electron chi connectivity index (χ2n) is 17.6. The van der Waals surface area contributed by atoms with Gasteiger partial charge >= 0.3 is 0 Å². The van der Waals surface area contributed by atoms with Crippen LogP contribution in [0.1, 0.15) is 0 Å². The van der Waals surface area contributed by atoms with Crippen LogP contribution in [-0.4, -0.2) is 0 Å². The SMILES string of the molecule is c1ccc(-c2cccc(N(c3ccc(-c4ccc(-c5ccccc5)cc4-c4ccccc4)cc3)c3ccccc3-c3ccc4c(c3)c(-c3ccccc3)c(-c3ccccc3)c3ccccc34)c2)cc1. The number of benzene rings is 12. The van der Waals surface area contributed by atoms with Gasteiger partial charge in [0.15, 0.2) is 0 Å². The maximum absolute atomic E-state index is 2.43. The average molecular weight is 878 g/mol. The van der Waals surface area contributed by atoms with Crippen LogP contribution in [0, 0.1) is 0 Å². The summed E-state index contributed by atoms with van der Waals surface area (Å²) < 4.78 is 0. The molecule has 0 saturated heterocycles. The Kier molecular flexibility index (Phi) is 11.0. The highest BCUT2D eigenvalue weighted by atomic mass is 15.1. The van der Waals surface area contributed by atoms with Gasteiger partial charge in [0, 0.05) is 16.9 Å². The summed E-state index contributed by atoms with van der Waals surface area (Å²) in [5, 5.41) is 4.95. The van der Waals surface area contributed by atoms with E-state index in [9.17, 15) is 0 Å². The molecule has 69 heavy (non-hydrogen) atoms. The van der Waals surface area contributed by atoms with Crippen molar-refractivity contribution in [1.82, 2.24) is 0 Å². The summed E-state index contributed by atoms with van der Waals surface area (Å²) in [6.45, 7) is 0. The van der Waals surface area contributed by atoms with Crippen LogP contribution < -0.4 is 4.90 Å². The van der Waals surface area contributed by atoms with Crippen molar-refractivity contribution in [3.8, 4) is 77.9 Å². The van der Waals surface area contributed by atoms with Crippen molar-refractivity contribution in [3.63, 3.8) is 0 Å². The van der Waals surface area contributed by atoms with Gasteiger partial charge in [-0.25, -0.2) is 0 Å². The molecule has 0 unspecified atom stereocenters. The summed E-state index contributed by atoms with van der Waals surface area (Å²) in [5.74, 6) is 0. The molecule has 0 atom stereocenters. The Morgan fingerprint density at radius 1 is 0.188 bits per heavy atom. The minimum Gasteiger partial charge on any atom is -0.310 e. The predicted octanol–water partition coefficient (Wildman–Crippen LogP) is 19.1. The molecule has 1 heteroatoms. The van der Waals surface area contributed by atoms with Crippen molar-refractivity contribution in [1.29, 1.82) is 0 Å². The zero-order valence-electron chi connectivity index (χ0n) is 38.1. The maximum Gasteiger partial charge on any atom is 0.0540 e. The Morgan fingerprint density at radius 3 is 1.28 bits per heavy atom. The molecule has 0 amide bonds. The lowest BCUT2D eigenvalue weighted by atomic mass is 9.84. The zero-order valence-corrected chi connectivity index (χ0v) is 38.1. The van der Waals surface area contributed by atoms with Crippen molar-refractivity contribution in [2.24, 2.45) is 0 Å². The van der Waals surface area contributed by atoms with Gasteiger partial charge in [-0.2, -0.15) is 0 Å². The summed E-state index contributed by atoms with van der Waals surface area (Å²) in [4.78, 5) is 2.43. The van der Waals surface area contributed by atoms with E-state index in [2.05, 4.69) is 290 Å². The van der Waals surface area contributed by atoms with Gasteiger partial charge < -0.3 is 4.90 Å². The monoisotopic (exact) mass is 877 g/mol. The number of nitrogens with zero attached hydrogens (tertiary/aromatic N) is 1. The molecule has 0 aliphatic carbocycles. The van der Waals surface area contributed by atoms with Gasteiger partial charge in [-0.1, -0.05) is 243 Å². The predicted molar refractivity (Wildman–Crippen MR) is 294 cm³/mol. The Morgan fingerprint density at radius 2 is 0.638 bits per heavy atom. The van der Waals surface area contributed by atoms with E-state index in [1.54, 1.807) is 0 Å². The largest absolute Gasteiger partial charge is 0.310 e. The van der Waals surface area contributed by atoms with E-state index in [1.807, 2.05) is 0 Å². The minimum absolute atomic E-state index is 1.07. The molecule has 0 heterocycles. The fraction of sp³-hybridized carbons (Fsp3) is 0. The number of rotatable bonds is 10.